The van der Waals surface area contributed by atoms with Crippen LogP contribution >= 0.6 is 11.8 Å². The van der Waals surface area contributed by atoms with Gasteiger partial charge in [0.05, 0.1) is 5.75 Å². The number of hydrogen-bond donors (Lipinski definition) is 1. The van der Waals surface area contributed by atoms with E-state index in [1.54, 1.807) is 24.3 Å². The molecule has 0 saturated heterocycles. The largest absolute Gasteiger partial charge is 0.325 e. The zero-order valence-electron chi connectivity index (χ0n) is 7.82. The summed E-state index contributed by atoms with van der Waals surface area (Å²) in [5.74, 6) is 0.409. The van der Waals surface area contributed by atoms with Crippen LogP contribution in [0, 0.1) is 0 Å². The molecule has 3 nitrogen and oxygen atoms in total. The number of benzene rings is 1. The van der Waals surface area contributed by atoms with Gasteiger partial charge >= 0.3 is 0 Å². The van der Waals surface area contributed by atoms with Gasteiger partial charge in [-0.1, -0.05) is 0 Å². The van der Waals surface area contributed by atoms with Crippen LogP contribution in [0.4, 0.5) is 5.69 Å². The van der Waals surface area contributed by atoms with Gasteiger partial charge in [0, 0.05) is 11.3 Å². The Morgan fingerprint density at radius 1 is 1.43 bits per heavy atom. The smallest absolute Gasteiger partial charge is 0.234 e. The molecule has 1 aromatic carbocycles. The molecule has 0 aromatic heterocycles. The molecule has 0 spiro atoms. The third-order valence-electron chi connectivity index (χ3n) is 1.61. The number of nitrogens with one attached hydrogen (secondary N) is 1. The van der Waals surface area contributed by atoms with Crippen LogP contribution in [0.3, 0.4) is 0 Å². The van der Waals surface area contributed by atoms with Crippen molar-refractivity contribution in [2.24, 2.45) is 0 Å². The van der Waals surface area contributed by atoms with Crippen molar-refractivity contribution in [2.45, 2.75) is 0 Å². The molecular weight excluding hydrogens is 198 g/mol. The minimum absolute atomic E-state index is 0.0312. The maximum Gasteiger partial charge on any atom is 0.234 e. The molecule has 0 aliphatic heterocycles. The number of anilines is 1. The third-order valence-corrected chi connectivity index (χ3v) is 2.16. The van der Waals surface area contributed by atoms with Crippen molar-refractivity contribution in [3.8, 4) is 0 Å². The third kappa shape index (κ3) is 3.22. The van der Waals surface area contributed by atoms with Gasteiger partial charge in [0.2, 0.25) is 5.91 Å². The monoisotopic (exact) mass is 209 g/mol. The van der Waals surface area contributed by atoms with Crippen LogP contribution in [-0.2, 0) is 4.79 Å². The van der Waals surface area contributed by atoms with E-state index in [1.807, 2.05) is 6.26 Å². The Morgan fingerprint density at radius 2 is 2.07 bits per heavy atom. The summed E-state index contributed by atoms with van der Waals surface area (Å²) in [6, 6.07) is 6.76. The van der Waals surface area contributed by atoms with Crippen LogP contribution in [0.1, 0.15) is 10.4 Å². The molecule has 0 bridgehead atoms. The van der Waals surface area contributed by atoms with Gasteiger partial charge in [-0.3, -0.25) is 9.59 Å². The fourth-order valence-electron chi connectivity index (χ4n) is 0.973. The molecule has 4 heteroatoms. The van der Waals surface area contributed by atoms with E-state index in [1.165, 1.54) is 11.8 Å². The number of hydrogen-bond acceptors (Lipinski definition) is 3. The zero-order chi connectivity index (χ0) is 10.4. The van der Waals surface area contributed by atoms with Gasteiger partial charge in [-0.25, -0.2) is 0 Å². The molecule has 1 rings (SSSR count). The fourth-order valence-corrected chi connectivity index (χ4v) is 1.31. The zero-order valence-corrected chi connectivity index (χ0v) is 8.64. The molecule has 0 saturated carbocycles. The van der Waals surface area contributed by atoms with Crippen LogP contribution in [0.2, 0.25) is 0 Å². The lowest BCUT2D eigenvalue weighted by Gasteiger charge is -2.03. The average Bonchev–Trinajstić information content (AvgIpc) is 2.19. The first kappa shape index (κ1) is 10.8. The molecule has 74 valence electrons. The highest BCUT2D eigenvalue weighted by molar-refractivity contribution is 7.99. The number of amides is 1. The Hall–Kier alpha value is -1.29. The van der Waals surface area contributed by atoms with E-state index in [0.29, 0.717) is 11.3 Å². The number of carbonyl (C=O) groups is 2. The van der Waals surface area contributed by atoms with E-state index in [0.717, 1.165) is 12.0 Å². The van der Waals surface area contributed by atoms with Crippen LogP contribution in [0.15, 0.2) is 24.3 Å². The maximum atomic E-state index is 11.2. The summed E-state index contributed by atoms with van der Waals surface area (Å²) in [5.41, 5.74) is 1.32. The Kier molecular flexibility index (Phi) is 4.19. The van der Waals surface area contributed by atoms with Crippen LogP contribution in [-0.4, -0.2) is 24.2 Å². The molecule has 1 amide bonds. The summed E-state index contributed by atoms with van der Waals surface area (Å²) in [5, 5.41) is 2.72. The number of carbonyl (C=O) groups excluding carboxylic acids is 2. The molecule has 14 heavy (non-hydrogen) atoms. The lowest BCUT2D eigenvalue weighted by atomic mass is 10.2. The van der Waals surface area contributed by atoms with Crippen molar-refractivity contribution >= 4 is 29.6 Å². The molecule has 0 radical (unpaired) electrons. The summed E-state index contributed by atoms with van der Waals surface area (Å²) in [7, 11) is 0. The lowest BCUT2D eigenvalue weighted by molar-refractivity contribution is -0.113. The molecular formula is C10H11NO2S. The van der Waals surface area contributed by atoms with E-state index in [2.05, 4.69) is 5.32 Å². The summed E-state index contributed by atoms with van der Waals surface area (Å²) in [4.78, 5) is 21.5. The number of rotatable bonds is 4. The van der Waals surface area contributed by atoms with E-state index in [-0.39, 0.29) is 5.91 Å². The van der Waals surface area contributed by atoms with Crippen LogP contribution in [0.5, 0.6) is 0 Å². The molecule has 0 fully saturated rings. The minimum atomic E-state index is -0.0312. The first-order valence-corrected chi connectivity index (χ1v) is 5.49. The number of aldehydes is 1. The molecule has 0 unspecified atom stereocenters. The normalized spacial score (nSPS) is 9.50. The second-order valence-corrected chi connectivity index (χ2v) is 3.59. The maximum absolute atomic E-state index is 11.2. The highest BCUT2D eigenvalue weighted by Crippen LogP contribution is 2.08. The quantitative estimate of drug-likeness (QED) is 0.769. The highest BCUT2D eigenvalue weighted by atomic mass is 32.2. The Balaban J connectivity index is 2.59. The Morgan fingerprint density at radius 3 is 2.57 bits per heavy atom. The predicted octanol–water partition coefficient (Wildman–Crippen LogP) is 1.80. The van der Waals surface area contributed by atoms with Crippen LogP contribution in [0.25, 0.3) is 0 Å². The minimum Gasteiger partial charge on any atom is -0.325 e. The molecule has 0 aliphatic carbocycles. The van der Waals surface area contributed by atoms with Gasteiger partial charge in [-0.15, -0.1) is 0 Å². The van der Waals surface area contributed by atoms with Crippen molar-refractivity contribution in [2.75, 3.05) is 17.3 Å². The van der Waals surface area contributed by atoms with Gasteiger partial charge in [0.1, 0.15) is 6.29 Å². The summed E-state index contributed by atoms with van der Waals surface area (Å²) >= 11 is 1.47. The standard InChI is InChI=1S/C10H11NO2S/c1-14-7-10(13)11-9-4-2-8(6-12)3-5-9/h2-6H,7H2,1H3,(H,11,13). The van der Waals surface area contributed by atoms with Gasteiger partial charge in [0.25, 0.3) is 0 Å². The topological polar surface area (TPSA) is 46.2 Å². The first-order chi connectivity index (χ1) is 6.76. The molecule has 0 atom stereocenters. The van der Waals surface area contributed by atoms with Gasteiger partial charge in [-0.05, 0) is 30.5 Å². The van der Waals surface area contributed by atoms with E-state index in [4.69, 9.17) is 0 Å². The van der Waals surface area contributed by atoms with Crippen molar-refractivity contribution in [1.29, 1.82) is 0 Å². The van der Waals surface area contributed by atoms with Crippen LogP contribution < -0.4 is 5.32 Å². The Bertz CT molecular complexity index is 321. The van der Waals surface area contributed by atoms with Crippen molar-refractivity contribution in [3.63, 3.8) is 0 Å². The second-order valence-electron chi connectivity index (χ2n) is 2.72. The van der Waals surface area contributed by atoms with E-state index < -0.39 is 0 Å². The summed E-state index contributed by atoms with van der Waals surface area (Å²) in [6.45, 7) is 0. The van der Waals surface area contributed by atoms with Crippen molar-refractivity contribution in [3.05, 3.63) is 29.8 Å². The second kappa shape index (κ2) is 5.44. The molecule has 1 aromatic rings. The van der Waals surface area contributed by atoms with E-state index >= 15 is 0 Å². The summed E-state index contributed by atoms with van der Waals surface area (Å²) in [6.07, 6.45) is 2.64. The van der Waals surface area contributed by atoms with Gasteiger partial charge < -0.3 is 5.32 Å². The highest BCUT2D eigenvalue weighted by Gasteiger charge is 2.00. The van der Waals surface area contributed by atoms with Gasteiger partial charge in [-0.2, -0.15) is 11.8 Å². The fraction of sp³-hybridized carbons (Fsp3) is 0.200. The summed E-state index contributed by atoms with van der Waals surface area (Å²) < 4.78 is 0. The molecule has 1 N–H and O–H groups in total. The number of thioether (sulfide) groups is 1. The van der Waals surface area contributed by atoms with Gasteiger partial charge in [0.15, 0.2) is 0 Å². The lowest BCUT2D eigenvalue weighted by Crippen LogP contribution is -2.13. The average molecular weight is 209 g/mol. The SMILES string of the molecule is CSCC(=O)Nc1ccc(C=O)cc1. The Labute approximate surface area is 86.9 Å². The molecule has 0 heterocycles. The molecule has 0 aliphatic rings. The predicted molar refractivity (Wildman–Crippen MR) is 58.8 cm³/mol. The van der Waals surface area contributed by atoms with Crippen molar-refractivity contribution in [1.82, 2.24) is 0 Å². The first-order valence-electron chi connectivity index (χ1n) is 4.10. The van der Waals surface area contributed by atoms with Crippen molar-refractivity contribution < 1.29 is 9.59 Å². The van der Waals surface area contributed by atoms with E-state index in [9.17, 15) is 9.59 Å².